The van der Waals surface area contributed by atoms with Crippen LogP contribution in [-0.2, 0) is 5.75 Å². The van der Waals surface area contributed by atoms with E-state index in [0.29, 0.717) is 28.4 Å². The summed E-state index contributed by atoms with van der Waals surface area (Å²) < 4.78 is 19.1. The lowest BCUT2D eigenvalue weighted by atomic mass is 10.3. The molecule has 0 unspecified atom stereocenters. The molecular formula is C12H10FN5OS2. The summed E-state index contributed by atoms with van der Waals surface area (Å²) in [6.07, 6.45) is 0. The highest BCUT2D eigenvalue weighted by molar-refractivity contribution is 8.00. The molecule has 0 aliphatic carbocycles. The predicted molar refractivity (Wildman–Crippen MR) is 78.2 cm³/mol. The first-order valence-corrected chi connectivity index (χ1v) is 7.77. The van der Waals surface area contributed by atoms with E-state index < -0.39 is 0 Å². The molecule has 0 saturated heterocycles. The third kappa shape index (κ3) is 3.76. The molecule has 0 amide bonds. The molecule has 2 heterocycles. The molecule has 0 radical (unpaired) electrons. The second kappa shape index (κ2) is 6.19. The zero-order valence-corrected chi connectivity index (χ0v) is 12.5. The number of hydrogen-bond donors (Lipinski definition) is 1. The van der Waals surface area contributed by atoms with Gasteiger partial charge >= 0.3 is 0 Å². The van der Waals surface area contributed by atoms with Crippen LogP contribution in [0.2, 0.25) is 0 Å². The molecule has 1 aromatic carbocycles. The number of aromatic nitrogens is 4. The fraction of sp³-hybridized carbons (Fsp3) is 0.167. The first-order chi connectivity index (χ1) is 10.2. The van der Waals surface area contributed by atoms with E-state index >= 15 is 0 Å². The zero-order valence-electron chi connectivity index (χ0n) is 10.9. The highest BCUT2D eigenvalue weighted by atomic mass is 32.2. The minimum absolute atomic E-state index is 0.300. The van der Waals surface area contributed by atoms with E-state index in [4.69, 9.17) is 4.42 Å². The molecule has 0 aliphatic heterocycles. The van der Waals surface area contributed by atoms with Gasteiger partial charge < -0.3 is 9.73 Å². The van der Waals surface area contributed by atoms with Gasteiger partial charge in [-0.15, -0.1) is 20.4 Å². The van der Waals surface area contributed by atoms with Crippen LogP contribution < -0.4 is 5.32 Å². The van der Waals surface area contributed by atoms with E-state index in [1.807, 2.05) is 0 Å². The van der Waals surface area contributed by atoms with Crippen LogP contribution in [0.15, 0.2) is 33.0 Å². The number of hydrogen-bond acceptors (Lipinski definition) is 8. The lowest BCUT2D eigenvalue weighted by Crippen LogP contribution is -1.89. The molecule has 2 aromatic heterocycles. The van der Waals surface area contributed by atoms with Crippen molar-refractivity contribution in [2.45, 2.75) is 17.0 Å². The van der Waals surface area contributed by atoms with Crippen LogP contribution in [0, 0.1) is 12.7 Å². The fourth-order valence-electron chi connectivity index (χ4n) is 1.53. The largest absolute Gasteiger partial charge is 0.425 e. The van der Waals surface area contributed by atoms with Gasteiger partial charge in [-0.3, -0.25) is 0 Å². The van der Waals surface area contributed by atoms with Gasteiger partial charge in [0.05, 0.1) is 5.75 Å². The molecule has 0 spiro atoms. The van der Waals surface area contributed by atoms with Gasteiger partial charge in [0.25, 0.3) is 0 Å². The van der Waals surface area contributed by atoms with Gasteiger partial charge in [-0.1, -0.05) is 29.2 Å². The summed E-state index contributed by atoms with van der Waals surface area (Å²) in [4.78, 5) is 0. The van der Waals surface area contributed by atoms with Crippen molar-refractivity contribution in [3.05, 3.63) is 41.9 Å². The maximum atomic E-state index is 13.1. The average molecular weight is 323 g/mol. The predicted octanol–water partition coefficient (Wildman–Crippen LogP) is 3.40. The Balaban J connectivity index is 1.61. The molecular weight excluding hydrogens is 313 g/mol. The quantitative estimate of drug-likeness (QED) is 0.721. The van der Waals surface area contributed by atoms with Crippen LogP contribution in [0.1, 0.15) is 11.8 Å². The number of nitrogens with zero attached hydrogens (tertiary/aromatic N) is 4. The smallest absolute Gasteiger partial charge is 0.226 e. The molecule has 0 saturated carbocycles. The number of benzene rings is 1. The SMILES string of the molecule is Cc1nnc(CSc2nnc(Nc3cccc(F)c3)s2)o1. The first kappa shape index (κ1) is 14.0. The van der Waals surface area contributed by atoms with Gasteiger partial charge in [-0.25, -0.2) is 4.39 Å². The maximum absolute atomic E-state index is 13.1. The van der Waals surface area contributed by atoms with Gasteiger partial charge in [0, 0.05) is 12.6 Å². The normalized spacial score (nSPS) is 10.8. The molecule has 108 valence electrons. The third-order valence-corrected chi connectivity index (χ3v) is 4.33. The maximum Gasteiger partial charge on any atom is 0.226 e. The Kier molecular flexibility index (Phi) is 4.11. The van der Waals surface area contributed by atoms with Gasteiger partial charge in [0.15, 0.2) is 4.34 Å². The number of aryl methyl sites for hydroxylation is 1. The van der Waals surface area contributed by atoms with Crippen molar-refractivity contribution >= 4 is 33.9 Å². The van der Waals surface area contributed by atoms with E-state index in [9.17, 15) is 4.39 Å². The number of thioether (sulfide) groups is 1. The minimum Gasteiger partial charge on any atom is -0.425 e. The van der Waals surface area contributed by atoms with E-state index in [1.54, 1.807) is 19.1 Å². The van der Waals surface area contributed by atoms with Crippen LogP contribution in [-0.4, -0.2) is 20.4 Å². The average Bonchev–Trinajstić information content (AvgIpc) is 3.06. The second-order valence-corrected chi connectivity index (χ2v) is 6.21. The number of halogens is 1. The Hall–Kier alpha value is -2.00. The Labute approximate surface area is 127 Å². The summed E-state index contributed by atoms with van der Waals surface area (Å²) in [6.45, 7) is 1.74. The minimum atomic E-state index is -0.300. The summed E-state index contributed by atoms with van der Waals surface area (Å²) in [5.74, 6) is 1.32. The first-order valence-electron chi connectivity index (χ1n) is 5.97. The van der Waals surface area contributed by atoms with Gasteiger partial charge in [0.2, 0.25) is 16.9 Å². The summed E-state index contributed by atoms with van der Waals surface area (Å²) >= 11 is 2.83. The fourth-order valence-corrected chi connectivity index (χ4v) is 3.14. The topological polar surface area (TPSA) is 76.7 Å². The zero-order chi connectivity index (χ0) is 14.7. The van der Waals surface area contributed by atoms with Crippen molar-refractivity contribution in [2.75, 3.05) is 5.32 Å². The Bertz CT molecular complexity index is 745. The summed E-state index contributed by atoms with van der Waals surface area (Å²) in [7, 11) is 0. The molecule has 0 fully saturated rings. The molecule has 0 atom stereocenters. The molecule has 3 aromatic rings. The van der Waals surface area contributed by atoms with E-state index in [-0.39, 0.29) is 5.82 Å². The Morgan fingerprint density at radius 2 is 2.19 bits per heavy atom. The van der Waals surface area contributed by atoms with Crippen LogP contribution in [0.5, 0.6) is 0 Å². The van der Waals surface area contributed by atoms with Gasteiger partial charge in [-0.2, -0.15) is 0 Å². The molecule has 0 bridgehead atoms. The van der Waals surface area contributed by atoms with Crippen molar-refractivity contribution in [2.24, 2.45) is 0 Å². The van der Waals surface area contributed by atoms with E-state index in [0.717, 1.165) is 4.34 Å². The lowest BCUT2D eigenvalue weighted by Gasteiger charge is -2.00. The van der Waals surface area contributed by atoms with Crippen LogP contribution in [0.4, 0.5) is 15.2 Å². The number of nitrogens with one attached hydrogen (secondary N) is 1. The Morgan fingerprint density at radius 3 is 2.95 bits per heavy atom. The summed E-state index contributed by atoms with van der Waals surface area (Å²) in [6, 6.07) is 6.18. The summed E-state index contributed by atoms with van der Waals surface area (Å²) in [5.41, 5.74) is 0.634. The highest BCUT2D eigenvalue weighted by Gasteiger charge is 2.08. The van der Waals surface area contributed by atoms with Crippen molar-refractivity contribution in [1.29, 1.82) is 0 Å². The van der Waals surface area contributed by atoms with E-state index in [1.165, 1.54) is 35.2 Å². The molecule has 6 nitrogen and oxygen atoms in total. The molecule has 0 aliphatic rings. The third-order valence-electron chi connectivity index (χ3n) is 2.37. The van der Waals surface area contributed by atoms with Gasteiger partial charge in [0.1, 0.15) is 5.82 Å². The standard InChI is InChI=1S/C12H10FN5OS2/c1-7-15-16-10(19-7)6-20-12-18-17-11(21-12)14-9-4-2-3-8(13)5-9/h2-5H,6H2,1H3,(H,14,17). The molecule has 1 N–H and O–H groups in total. The van der Waals surface area contributed by atoms with Crippen molar-refractivity contribution < 1.29 is 8.81 Å². The van der Waals surface area contributed by atoms with Crippen LogP contribution in [0.3, 0.4) is 0 Å². The van der Waals surface area contributed by atoms with Crippen molar-refractivity contribution in [3.8, 4) is 0 Å². The molecule has 9 heteroatoms. The second-order valence-electron chi connectivity index (χ2n) is 4.01. The molecule has 3 rings (SSSR count). The summed E-state index contributed by atoms with van der Waals surface area (Å²) in [5, 5.41) is 19.3. The number of rotatable bonds is 5. The monoisotopic (exact) mass is 323 g/mol. The molecule has 21 heavy (non-hydrogen) atoms. The van der Waals surface area contributed by atoms with E-state index in [2.05, 4.69) is 25.7 Å². The van der Waals surface area contributed by atoms with Gasteiger partial charge in [-0.05, 0) is 18.2 Å². The van der Waals surface area contributed by atoms with Crippen molar-refractivity contribution in [3.63, 3.8) is 0 Å². The van der Waals surface area contributed by atoms with Crippen LogP contribution >= 0.6 is 23.1 Å². The lowest BCUT2D eigenvalue weighted by molar-refractivity contribution is 0.485. The highest BCUT2D eigenvalue weighted by Crippen LogP contribution is 2.29. The Morgan fingerprint density at radius 1 is 1.29 bits per heavy atom. The van der Waals surface area contributed by atoms with Crippen molar-refractivity contribution in [1.82, 2.24) is 20.4 Å². The number of anilines is 2. The van der Waals surface area contributed by atoms with Crippen LogP contribution in [0.25, 0.3) is 0 Å².